The Labute approximate surface area is 329 Å². The Hall–Kier alpha value is -6.88. The third kappa shape index (κ3) is 5.80. The van der Waals surface area contributed by atoms with Crippen LogP contribution in [-0.2, 0) is 35.3 Å². The molecule has 0 N–H and O–H groups in total. The molecule has 10 nitrogen and oxygen atoms in total. The molecule has 0 saturated carbocycles. The summed E-state index contributed by atoms with van der Waals surface area (Å²) in [7, 11) is 0. The maximum Gasteiger partial charge on any atom is 0.266 e. The lowest BCUT2D eigenvalue weighted by atomic mass is 9.90. The molecule has 0 spiro atoms. The highest BCUT2D eigenvalue weighted by Crippen LogP contribution is 2.49. The van der Waals surface area contributed by atoms with Crippen molar-refractivity contribution in [3.8, 4) is 0 Å². The average molecular weight is 753 g/mol. The predicted molar refractivity (Wildman–Crippen MR) is 214 cm³/mol. The summed E-state index contributed by atoms with van der Waals surface area (Å²) in [6, 6.07) is 52.2. The highest BCUT2D eigenvalue weighted by molar-refractivity contribution is 6.24. The minimum atomic E-state index is -0.950. The molecular formula is C47H36N4O6. The van der Waals surface area contributed by atoms with Crippen molar-refractivity contribution < 1.29 is 28.9 Å². The van der Waals surface area contributed by atoms with Crippen LogP contribution in [0.5, 0.6) is 0 Å². The van der Waals surface area contributed by atoms with Gasteiger partial charge >= 0.3 is 0 Å². The molecule has 4 fully saturated rings. The van der Waals surface area contributed by atoms with Crippen LogP contribution in [0.25, 0.3) is 0 Å². The van der Waals surface area contributed by atoms with Crippen LogP contribution in [0.3, 0.4) is 0 Å². The van der Waals surface area contributed by atoms with E-state index in [4.69, 9.17) is 9.68 Å². The van der Waals surface area contributed by atoms with E-state index in [0.717, 1.165) is 33.6 Å². The van der Waals surface area contributed by atoms with Gasteiger partial charge in [0.1, 0.15) is 11.8 Å². The first-order valence-corrected chi connectivity index (χ1v) is 19.0. The zero-order valence-corrected chi connectivity index (χ0v) is 30.6. The molecule has 6 atom stereocenters. The Morgan fingerprint density at radius 3 is 1.05 bits per heavy atom. The topological polar surface area (TPSA) is 99.7 Å². The number of hydrogen-bond donors (Lipinski definition) is 0. The Morgan fingerprint density at radius 2 is 0.702 bits per heavy atom. The molecule has 4 amide bonds. The van der Waals surface area contributed by atoms with Crippen molar-refractivity contribution in [1.82, 2.24) is 0 Å². The molecule has 6 aromatic carbocycles. The Bertz CT molecular complexity index is 2290. The Kier molecular flexibility index (Phi) is 8.50. The van der Waals surface area contributed by atoms with Gasteiger partial charge in [0, 0.05) is 0 Å². The lowest BCUT2D eigenvalue weighted by molar-refractivity contribution is -0.127. The number of para-hydroxylation sites is 2. The van der Waals surface area contributed by atoms with E-state index < -0.39 is 47.9 Å². The van der Waals surface area contributed by atoms with Gasteiger partial charge in [-0.3, -0.25) is 28.9 Å². The number of hydroxylamine groups is 2. The van der Waals surface area contributed by atoms with Crippen molar-refractivity contribution >= 4 is 46.4 Å². The van der Waals surface area contributed by atoms with Gasteiger partial charge in [-0.05, 0) is 77.2 Å². The molecule has 0 aromatic heterocycles. The van der Waals surface area contributed by atoms with E-state index >= 15 is 0 Å². The van der Waals surface area contributed by atoms with Crippen LogP contribution in [0, 0.1) is 11.8 Å². The molecule has 6 aromatic rings. The summed E-state index contributed by atoms with van der Waals surface area (Å²) in [6.45, 7) is 0. The number of nitrogens with zero attached hydrogens (tertiary/aromatic N) is 4. The van der Waals surface area contributed by atoms with Crippen molar-refractivity contribution in [3.63, 3.8) is 0 Å². The summed E-state index contributed by atoms with van der Waals surface area (Å²) in [5.41, 5.74) is 6.21. The first-order chi connectivity index (χ1) is 28.0. The third-order valence-corrected chi connectivity index (χ3v) is 11.3. The molecule has 4 aliphatic heterocycles. The average Bonchev–Trinajstić information content (AvgIpc) is 3.98. The summed E-state index contributed by atoms with van der Waals surface area (Å²) >= 11 is 0. The second kappa shape index (κ2) is 14.0. The second-order valence-electron chi connectivity index (χ2n) is 14.7. The fourth-order valence-corrected chi connectivity index (χ4v) is 8.68. The van der Waals surface area contributed by atoms with Gasteiger partial charge in [-0.15, -0.1) is 0 Å². The van der Waals surface area contributed by atoms with E-state index in [1.807, 2.05) is 146 Å². The largest absolute Gasteiger partial charge is 0.273 e. The molecule has 0 radical (unpaired) electrons. The van der Waals surface area contributed by atoms with Crippen LogP contribution in [0.4, 0.5) is 22.7 Å². The molecule has 0 bridgehead atoms. The molecule has 4 heterocycles. The molecule has 0 unspecified atom stereocenters. The summed E-state index contributed by atoms with van der Waals surface area (Å²) in [5, 5.41) is 3.39. The molecule has 0 aliphatic carbocycles. The van der Waals surface area contributed by atoms with Crippen molar-refractivity contribution in [1.29, 1.82) is 0 Å². The van der Waals surface area contributed by atoms with E-state index in [0.29, 0.717) is 17.8 Å². The fraction of sp³-hybridized carbons (Fsp3) is 0.149. The van der Waals surface area contributed by atoms with Crippen LogP contribution in [0.15, 0.2) is 170 Å². The third-order valence-electron chi connectivity index (χ3n) is 11.3. The van der Waals surface area contributed by atoms with Gasteiger partial charge in [0.25, 0.3) is 11.8 Å². The normalized spacial score (nSPS) is 24.1. The van der Waals surface area contributed by atoms with Gasteiger partial charge in [0.05, 0.1) is 34.8 Å². The molecular weight excluding hydrogens is 717 g/mol. The van der Waals surface area contributed by atoms with Gasteiger partial charge in [-0.25, -0.2) is 19.9 Å². The SMILES string of the molecule is O=C1[C@H]2[C@H](ON(c3ccccc3)[C@H]2c2ccccc2)C(=O)N1c1ccc(Cc2ccc(N3C(=O)[C@H]4[C@H](ON(c5ccccc5)[C@H]4c4ccccc4)C3=O)cc2)cc1. The van der Waals surface area contributed by atoms with Crippen molar-refractivity contribution in [2.45, 2.75) is 30.7 Å². The van der Waals surface area contributed by atoms with Gasteiger partial charge in [0.15, 0.2) is 12.2 Å². The van der Waals surface area contributed by atoms with Gasteiger partial charge < -0.3 is 0 Å². The number of carbonyl (C=O) groups is 4. The number of imide groups is 2. The molecule has 10 heteroatoms. The fourth-order valence-electron chi connectivity index (χ4n) is 8.68. The van der Waals surface area contributed by atoms with E-state index in [9.17, 15) is 19.2 Å². The van der Waals surface area contributed by atoms with E-state index in [-0.39, 0.29) is 11.8 Å². The number of rotatable bonds is 8. The first kappa shape index (κ1) is 34.6. The van der Waals surface area contributed by atoms with Gasteiger partial charge in [-0.1, -0.05) is 121 Å². The summed E-state index contributed by atoms with van der Waals surface area (Å²) in [5.74, 6) is -2.82. The van der Waals surface area contributed by atoms with Gasteiger partial charge in [0.2, 0.25) is 11.8 Å². The first-order valence-electron chi connectivity index (χ1n) is 19.0. The maximum atomic E-state index is 14.1. The summed E-state index contributed by atoms with van der Waals surface area (Å²) < 4.78 is 0. The quantitative estimate of drug-likeness (QED) is 0.149. The lowest BCUT2D eigenvalue weighted by Gasteiger charge is -2.28. The smallest absolute Gasteiger partial charge is 0.266 e. The number of amides is 4. The summed E-state index contributed by atoms with van der Waals surface area (Å²) in [4.78, 5) is 70.9. The molecule has 57 heavy (non-hydrogen) atoms. The summed E-state index contributed by atoms with van der Waals surface area (Å²) in [6.07, 6.45) is -1.35. The Balaban J connectivity index is 0.846. The van der Waals surface area contributed by atoms with Crippen LogP contribution in [-0.4, -0.2) is 35.8 Å². The van der Waals surface area contributed by atoms with Gasteiger partial charge in [-0.2, -0.15) is 0 Å². The minimum absolute atomic E-state index is 0.302. The number of benzene rings is 6. The van der Waals surface area contributed by atoms with E-state index in [1.165, 1.54) is 9.80 Å². The van der Waals surface area contributed by atoms with E-state index in [2.05, 4.69) is 0 Å². The number of anilines is 4. The number of hydrogen-bond acceptors (Lipinski definition) is 8. The number of fused-ring (bicyclic) bond motifs is 2. The Morgan fingerprint density at radius 1 is 0.368 bits per heavy atom. The second-order valence-corrected chi connectivity index (χ2v) is 14.7. The lowest BCUT2D eigenvalue weighted by Crippen LogP contribution is -2.37. The van der Waals surface area contributed by atoms with Crippen molar-refractivity contribution in [2.24, 2.45) is 11.8 Å². The van der Waals surface area contributed by atoms with Crippen LogP contribution >= 0.6 is 0 Å². The highest BCUT2D eigenvalue weighted by atomic mass is 16.7. The molecule has 10 rings (SSSR count). The molecule has 4 aliphatic rings. The van der Waals surface area contributed by atoms with Crippen molar-refractivity contribution in [2.75, 3.05) is 19.9 Å². The predicted octanol–water partition coefficient (Wildman–Crippen LogP) is 7.38. The molecule has 280 valence electrons. The standard InChI is InChI=1S/C47H36N4O6/c52-44-38-40(32-13-5-1-6-14-32)50(36-17-9-3-10-18-36)56-42(38)46(54)48(44)34-25-21-30(22-26-34)29-31-23-27-35(28-24-31)49-45(53)39-41(33-15-7-2-8-16-33)51(57-43(39)47(49)55)37-19-11-4-12-20-37/h1-28,38-43H,29H2/t38-,39-,40+,41+,42+,43+/m1/s1. The molecule has 4 saturated heterocycles. The maximum absolute atomic E-state index is 14.1. The zero-order chi connectivity index (χ0) is 38.6. The monoisotopic (exact) mass is 752 g/mol. The number of carbonyl (C=O) groups excluding carboxylic acids is 4. The van der Waals surface area contributed by atoms with Crippen LogP contribution < -0.4 is 19.9 Å². The van der Waals surface area contributed by atoms with Crippen LogP contribution in [0.1, 0.15) is 34.3 Å². The highest BCUT2D eigenvalue weighted by Gasteiger charge is 2.61. The van der Waals surface area contributed by atoms with Crippen LogP contribution in [0.2, 0.25) is 0 Å². The van der Waals surface area contributed by atoms with Crippen molar-refractivity contribution in [3.05, 3.63) is 192 Å². The minimum Gasteiger partial charge on any atom is -0.273 e. The van der Waals surface area contributed by atoms with E-state index in [1.54, 1.807) is 34.4 Å². The zero-order valence-electron chi connectivity index (χ0n) is 30.6.